The Bertz CT molecular complexity index is 858. The number of aromatic nitrogens is 1. The van der Waals surface area contributed by atoms with Crippen LogP contribution in [0.25, 0.3) is 10.8 Å². The lowest BCUT2D eigenvalue weighted by molar-refractivity contribution is -0.141. The van der Waals surface area contributed by atoms with E-state index < -0.39 is 36.6 Å². The van der Waals surface area contributed by atoms with Crippen LogP contribution in [0.1, 0.15) is 27.7 Å². The summed E-state index contributed by atoms with van der Waals surface area (Å²) in [5.74, 6) is 0. The van der Waals surface area contributed by atoms with Crippen LogP contribution in [0.2, 0.25) is 0 Å². The van der Waals surface area contributed by atoms with Crippen LogP contribution in [0.5, 0.6) is 0 Å². The molecule has 0 bridgehead atoms. The predicted octanol–water partition coefficient (Wildman–Crippen LogP) is 2.86. The van der Waals surface area contributed by atoms with Crippen molar-refractivity contribution in [3.8, 4) is 0 Å². The van der Waals surface area contributed by atoms with Crippen LogP contribution in [-0.2, 0) is 15.9 Å². The molecule has 1 aromatic heterocycles. The summed E-state index contributed by atoms with van der Waals surface area (Å²) >= 11 is 0. The zero-order valence-corrected chi connectivity index (χ0v) is 14.5. The molecule has 0 saturated carbocycles. The first-order chi connectivity index (χ1) is 11.4. The number of fused-ring (bicyclic) bond motifs is 1. The monoisotopic (exact) mass is 353 g/mol. The highest BCUT2D eigenvalue weighted by atomic mass is 19.4. The third-order valence-electron chi connectivity index (χ3n) is 4.88. The molecule has 134 valence electrons. The molecule has 0 amide bonds. The summed E-state index contributed by atoms with van der Waals surface area (Å²) in [5, 5.41) is 0.739. The van der Waals surface area contributed by atoms with Crippen molar-refractivity contribution in [1.82, 2.24) is 4.57 Å². The van der Waals surface area contributed by atoms with E-state index in [1.807, 2.05) is 27.7 Å². The summed E-state index contributed by atoms with van der Waals surface area (Å²) < 4.78 is 51.2. The van der Waals surface area contributed by atoms with E-state index in [1.165, 1.54) is 12.3 Å². The molecule has 0 unspecified atom stereocenters. The Morgan fingerprint density at radius 2 is 1.56 bits per heavy atom. The van der Waals surface area contributed by atoms with E-state index in [4.69, 9.17) is 9.31 Å². The molecule has 0 atom stereocenters. The Labute approximate surface area is 143 Å². The van der Waals surface area contributed by atoms with Gasteiger partial charge in [-0.3, -0.25) is 4.79 Å². The molecule has 1 aliphatic rings. The lowest BCUT2D eigenvalue weighted by atomic mass is 9.77. The fourth-order valence-corrected chi connectivity index (χ4v) is 2.84. The summed E-state index contributed by atoms with van der Waals surface area (Å²) in [4.78, 5) is 12.4. The first-order valence-electron chi connectivity index (χ1n) is 7.96. The number of rotatable bonds is 2. The Kier molecular flexibility index (Phi) is 4.04. The summed E-state index contributed by atoms with van der Waals surface area (Å²) in [6.45, 7) is 6.09. The molecule has 1 fully saturated rings. The van der Waals surface area contributed by atoms with E-state index in [9.17, 15) is 18.0 Å². The fourth-order valence-electron chi connectivity index (χ4n) is 2.84. The van der Waals surface area contributed by atoms with Gasteiger partial charge in [-0.2, -0.15) is 13.2 Å². The van der Waals surface area contributed by atoms with Crippen LogP contribution >= 0.6 is 0 Å². The second kappa shape index (κ2) is 5.61. The third-order valence-corrected chi connectivity index (χ3v) is 4.88. The summed E-state index contributed by atoms with van der Waals surface area (Å²) in [5.41, 5.74) is -1.54. The van der Waals surface area contributed by atoms with E-state index in [-0.39, 0.29) is 5.39 Å². The van der Waals surface area contributed by atoms with Gasteiger partial charge in [-0.05, 0) is 39.1 Å². The van der Waals surface area contributed by atoms with Crippen LogP contribution in [-0.4, -0.2) is 29.1 Å². The molecule has 2 heterocycles. The van der Waals surface area contributed by atoms with Gasteiger partial charge in [-0.25, -0.2) is 0 Å². The second-order valence-electron chi connectivity index (χ2n) is 7.27. The maximum atomic E-state index is 12.9. The van der Waals surface area contributed by atoms with Crippen molar-refractivity contribution in [3.05, 3.63) is 40.8 Å². The van der Waals surface area contributed by atoms with Gasteiger partial charge in [0.05, 0.1) is 11.2 Å². The number of alkyl halides is 3. The van der Waals surface area contributed by atoms with Gasteiger partial charge in [0.15, 0.2) is 0 Å². The lowest BCUT2D eigenvalue weighted by Crippen LogP contribution is -2.41. The van der Waals surface area contributed by atoms with Crippen LogP contribution in [0.3, 0.4) is 0 Å². The molecule has 1 saturated heterocycles. The third kappa shape index (κ3) is 3.20. The van der Waals surface area contributed by atoms with E-state index in [1.54, 1.807) is 18.2 Å². The number of halogens is 3. The molecule has 0 aliphatic carbocycles. The number of hydrogen-bond donors (Lipinski definition) is 0. The van der Waals surface area contributed by atoms with Gasteiger partial charge in [0.2, 0.25) is 0 Å². The number of benzene rings is 1. The van der Waals surface area contributed by atoms with E-state index in [2.05, 4.69) is 0 Å². The largest absolute Gasteiger partial charge is 0.496 e. The highest BCUT2D eigenvalue weighted by molar-refractivity contribution is 6.65. The van der Waals surface area contributed by atoms with Crippen LogP contribution in [0, 0.1) is 0 Å². The number of hydrogen-bond acceptors (Lipinski definition) is 3. The predicted molar refractivity (Wildman–Crippen MR) is 90.0 cm³/mol. The molecule has 0 N–H and O–H groups in total. The average molecular weight is 353 g/mol. The molecule has 0 spiro atoms. The second-order valence-corrected chi connectivity index (χ2v) is 7.27. The van der Waals surface area contributed by atoms with Crippen molar-refractivity contribution in [1.29, 1.82) is 0 Å². The smallest absolute Gasteiger partial charge is 0.399 e. The van der Waals surface area contributed by atoms with Crippen molar-refractivity contribution >= 4 is 23.4 Å². The van der Waals surface area contributed by atoms with Gasteiger partial charge in [-0.15, -0.1) is 0 Å². The molecule has 8 heteroatoms. The minimum atomic E-state index is -4.50. The highest BCUT2D eigenvalue weighted by Crippen LogP contribution is 2.36. The summed E-state index contributed by atoms with van der Waals surface area (Å²) in [6.07, 6.45) is -3.31. The summed E-state index contributed by atoms with van der Waals surface area (Å²) in [6, 6.07) is 6.55. The Balaban J connectivity index is 2.18. The quantitative estimate of drug-likeness (QED) is 0.780. The van der Waals surface area contributed by atoms with E-state index in [0.29, 0.717) is 15.4 Å². The SMILES string of the molecule is CC1(C)OB(c2cn(CC(F)(F)F)c(=O)c3ccccc23)OC1(C)C. The Morgan fingerprint density at radius 1 is 1.04 bits per heavy atom. The molecule has 1 aliphatic heterocycles. The zero-order chi connectivity index (χ0) is 18.6. The van der Waals surface area contributed by atoms with Crippen molar-refractivity contribution in [2.45, 2.75) is 51.6 Å². The Hall–Kier alpha value is -1.80. The van der Waals surface area contributed by atoms with Gasteiger partial charge in [0.25, 0.3) is 5.56 Å². The molecule has 25 heavy (non-hydrogen) atoms. The molecule has 0 radical (unpaired) electrons. The molecule has 3 rings (SSSR count). The topological polar surface area (TPSA) is 40.5 Å². The molecular formula is C17H19BF3NO3. The molecule has 4 nitrogen and oxygen atoms in total. The van der Waals surface area contributed by atoms with E-state index in [0.717, 1.165) is 0 Å². The standard InChI is InChI=1S/C17H19BF3NO3/c1-15(2)16(3,4)25-18(24-15)13-9-22(10-17(19,20)21)14(23)12-8-6-5-7-11(12)13/h5-9H,10H2,1-4H3. The fraction of sp³-hybridized carbons (Fsp3) is 0.471. The maximum Gasteiger partial charge on any atom is 0.496 e. The zero-order valence-electron chi connectivity index (χ0n) is 14.5. The van der Waals surface area contributed by atoms with Gasteiger partial charge < -0.3 is 13.9 Å². The molecular weight excluding hydrogens is 334 g/mol. The van der Waals surface area contributed by atoms with Crippen molar-refractivity contribution in [2.24, 2.45) is 0 Å². The maximum absolute atomic E-state index is 12.9. The first-order valence-corrected chi connectivity index (χ1v) is 7.96. The lowest BCUT2D eigenvalue weighted by Gasteiger charge is -2.32. The van der Waals surface area contributed by atoms with Crippen molar-refractivity contribution in [3.63, 3.8) is 0 Å². The van der Waals surface area contributed by atoms with Crippen molar-refractivity contribution in [2.75, 3.05) is 0 Å². The number of pyridine rings is 1. The Morgan fingerprint density at radius 3 is 2.08 bits per heavy atom. The summed E-state index contributed by atoms with van der Waals surface area (Å²) in [7, 11) is -0.852. The van der Waals surface area contributed by atoms with Crippen LogP contribution in [0.4, 0.5) is 13.2 Å². The average Bonchev–Trinajstić information content (AvgIpc) is 2.69. The minimum Gasteiger partial charge on any atom is -0.399 e. The highest BCUT2D eigenvalue weighted by Gasteiger charge is 2.52. The normalized spacial score (nSPS) is 19.6. The van der Waals surface area contributed by atoms with Gasteiger partial charge >= 0.3 is 13.3 Å². The van der Waals surface area contributed by atoms with E-state index >= 15 is 0 Å². The van der Waals surface area contributed by atoms with Crippen LogP contribution < -0.4 is 11.0 Å². The molecule has 2 aromatic rings. The first kappa shape index (κ1) is 18.0. The van der Waals surface area contributed by atoms with Gasteiger partial charge in [0.1, 0.15) is 6.54 Å². The van der Waals surface area contributed by atoms with Crippen LogP contribution in [0.15, 0.2) is 35.3 Å². The van der Waals surface area contributed by atoms with Gasteiger partial charge in [0, 0.05) is 17.0 Å². The molecule has 1 aromatic carbocycles. The minimum absolute atomic E-state index is 0.207. The van der Waals surface area contributed by atoms with Crippen molar-refractivity contribution < 1.29 is 22.5 Å². The van der Waals surface area contributed by atoms with Gasteiger partial charge in [-0.1, -0.05) is 18.2 Å². The number of nitrogens with zero attached hydrogens (tertiary/aromatic N) is 1.